The van der Waals surface area contributed by atoms with Crippen LogP contribution in [-0.4, -0.2) is 11.2 Å². The maximum absolute atomic E-state index is 5.20. The van der Waals surface area contributed by atoms with Crippen LogP contribution < -0.4 is 10.6 Å². The van der Waals surface area contributed by atoms with E-state index in [0.717, 1.165) is 5.69 Å². The molecule has 0 fully saturated rings. The van der Waals surface area contributed by atoms with Crippen molar-refractivity contribution in [3.05, 3.63) is 29.8 Å². The molecule has 0 unspecified atom stereocenters. The molecule has 0 aliphatic carbocycles. The smallest absolute Gasteiger partial charge is 0.170 e. The van der Waals surface area contributed by atoms with Gasteiger partial charge in [-0.05, 0) is 56.1 Å². The highest BCUT2D eigenvalue weighted by Gasteiger charge is 2.03. The molecule has 0 aliphatic heterocycles. The molecular formula is C14H22N2S. The van der Waals surface area contributed by atoms with Gasteiger partial charge in [0.2, 0.25) is 0 Å². The molecule has 94 valence electrons. The highest BCUT2D eigenvalue weighted by atomic mass is 32.1. The number of hydrogen-bond donors (Lipinski definition) is 2. The van der Waals surface area contributed by atoms with Gasteiger partial charge in [0.1, 0.15) is 0 Å². The molecule has 1 atom stereocenters. The molecule has 2 N–H and O–H groups in total. The summed E-state index contributed by atoms with van der Waals surface area (Å²) >= 11 is 5.20. The molecule has 2 nitrogen and oxygen atoms in total. The molecular weight excluding hydrogens is 228 g/mol. The van der Waals surface area contributed by atoms with Crippen LogP contribution in [0.5, 0.6) is 0 Å². The molecule has 0 aromatic heterocycles. The molecule has 1 rings (SSSR count). The summed E-state index contributed by atoms with van der Waals surface area (Å²) in [4.78, 5) is 0. The summed E-state index contributed by atoms with van der Waals surface area (Å²) in [7, 11) is 0. The number of rotatable bonds is 4. The molecule has 17 heavy (non-hydrogen) atoms. The van der Waals surface area contributed by atoms with E-state index < -0.39 is 0 Å². The average Bonchev–Trinajstić information content (AvgIpc) is 2.28. The lowest BCUT2D eigenvalue weighted by Crippen LogP contribution is -2.33. The van der Waals surface area contributed by atoms with Gasteiger partial charge < -0.3 is 10.6 Å². The molecule has 3 heteroatoms. The third-order valence-electron chi connectivity index (χ3n) is 2.77. The largest absolute Gasteiger partial charge is 0.360 e. The van der Waals surface area contributed by atoms with E-state index in [0.29, 0.717) is 17.1 Å². The minimum atomic E-state index is 0.356. The summed E-state index contributed by atoms with van der Waals surface area (Å²) < 4.78 is 0. The number of anilines is 1. The lowest BCUT2D eigenvalue weighted by Gasteiger charge is -2.14. The molecule has 0 amide bonds. The van der Waals surface area contributed by atoms with Crippen molar-refractivity contribution in [2.45, 2.75) is 46.1 Å². The third kappa shape index (κ3) is 4.73. The van der Waals surface area contributed by atoms with Gasteiger partial charge in [0.15, 0.2) is 5.11 Å². The number of hydrogen-bond acceptors (Lipinski definition) is 1. The van der Waals surface area contributed by atoms with Crippen LogP contribution in [-0.2, 0) is 0 Å². The zero-order valence-electron chi connectivity index (χ0n) is 11.1. The summed E-state index contributed by atoms with van der Waals surface area (Å²) in [6.07, 6.45) is 1.17. The highest BCUT2D eigenvalue weighted by Crippen LogP contribution is 2.20. The predicted octanol–water partition coefficient (Wildman–Crippen LogP) is 3.89. The fraction of sp³-hybridized carbons (Fsp3) is 0.500. The van der Waals surface area contributed by atoms with Crippen molar-refractivity contribution in [1.29, 1.82) is 0 Å². The first-order valence-corrected chi connectivity index (χ1v) is 6.61. The molecule has 0 saturated carbocycles. The maximum Gasteiger partial charge on any atom is 0.170 e. The van der Waals surface area contributed by atoms with E-state index in [-0.39, 0.29) is 0 Å². The second-order valence-electron chi connectivity index (χ2n) is 4.68. The molecule has 0 spiro atoms. The first kappa shape index (κ1) is 14.0. The van der Waals surface area contributed by atoms with Crippen LogP contribution in [0.3, 0.4) is 0 Å². The molecule has 1 aromatic rings. The Morgan fingerprint density at radius 3 is 2.24 bits per heavy atom. The van der Waals surface area contributed by atoms with Crippen molar-refractivity contribution >= 4 is 23.0 Å². The van der Waals surface area contributed by atoms with Crippen LogP contribution in [0.2, 0.25) is 0 Å². The monoisotopic (exact) mass is 250 g/mol. The molecule has 0 saturated heterocycles. The Balaban J connectivity index is 2.59. The van der Waals surface area contributed by atoms with E-state index >= 15 is 0 Å². The zero-order valence-corrected chi connectivity index (χ0v) is 11.9. The fourth-order valence-corrected chi connectivity index (χ4v) is 1.91. The van der Waals surface area contributed by atoms with E-state index in [1.165, 1.54) is 12.0 Å². The van der Waals surface area contributed by atoms with Crippen molar-refractivity contribution in [2.24, 2.45) is 0 Å². The predicted molar refractivity (Wildman–Crippen MR) is 79.6 cm³/mol. The third-order valence-corrected chi connectivity index (χ3v) is 2.99. The second kappa shape index (κ2) is 6.60. The Morgan fingerprint density at radius 2 is 1.76 bits per heavy atom. The maximum atomic E-state index is 5.20. The summed E-state index contributed by atoms with van der Waals surface area (Å²) in [6, 6.07) is 8.84. The minimum absolute atomic E-state index is 0.356. The standard InChI is InChI=1S/C14H22N2S/c1-5-11(4)12-6-8-13(9-7-12)16-14(17)15-10(2)3/h6-11H,5H2,1-4H3,(H2,15,16,17)/t11-/m1/s1. The molecule has 0 aliphatic rings. The van der Waals surface area contributed by atoms with E-state index in [9.17, 15) is 0 Å². The quantitative estimate of drug-likeness (QED) is 0.793. The van der Waals surface area contributed by atoms with Crippen LogP contribution in [0.25, 0.3) is 0 Å². The summed E-state index contributed by atoms with van der Waals surface area (Å²) in [6.45, 7) is 8.59. The van der Waals surface area contributed by atoms with Crippen molar-refractivity contribution < 1.29 is 0 Å². The van der Waals surface area contributed by atoms with Crippen LogP contribution >= 0.6 is 12.2 Å². The lowest BCUT2D eigenvalue weighted by atomic mass is 9.99. The van der Waals surface area contributed by atoms with E-state index in [2.05, 4.69) is 62.6 Å². The first-order valence-electron chi connectivity index (χ1n) is 6.20. The van der Waals surface area contributed by atoms with Crippen molar-refractivity contribution in [3.8, 4) is 0 Å². The minimum Gasteiger partial charge on any atom is -0.360 e. The van der Waals surface area contributed by atoms with Gasteiger partial charge in [0, 0.05) is 11.7 Å². The SMILES string of the molecule is CC[C@@H](C)c1ccc(NC(=S)NC(C)C)cc1. The van der Waals surface area contributed by atoms with Crippen LogP contribution in [0.4, 0.5) is 5.69 Å². The van der Waals surface area contributed by atoms with Gasteiger partial charge in [-0.25, -0.2) is 0 Å². The van der Waals surface area contributed by atoms with Gasteiger partial charge in [-0.15, -0.1) is 0 Å². The van der Waals surface area contributed by atoms with Gasteiger partial charge in [0.05, 0.1) is 0 Å². The summed E-state index contributed by atoms with van der Waals surface area (Å²) in [5.74, 6) is 0.616. The van der Waals surface area contributed by atoms with Crippen molar-refractivity contribution in [3.63, 3.8) is 0 Å². The van der Waals surface area contributed by atoms with Gasteiger partial charge in [-0.1, -0.05) is 26.0 Å². The Morgan fingerprint density at radius 1 is 1.18 bits per heavy atom. The summed E-state index contributed by atoms with van der Waals surface area (Å²) in [5, 5.41) is 7.01. The summed E-state index contributed by atoms with van der Waals surface area (Å²) in [5.41, 5.74) is 2.41. The van der Waals surface area contributed by atoms with Crippen molar-refractivity contribution in [1.82, 2.24) is 5.32 Å². The topological polar surface area (TPSA) is 24.1 Å². The second-order valence-corrected chi connectivity index (χ2v) is 5.09. The fourth-order valence-electron chi connectivity index (χ4n) is 1.56. The van der Waals surface area contributed by atoms with Gasteiger partial charge in [-0.3, -0.25) is 0 Å². The zero-order chi connectivity index (χ0) is 12.8. The Bertz CT molecular complexity index is 357. The Labute approximate surface area is 110 Å². The molecule has 0 bridgehead atoms. The molecule has 0 radical (unpaired) electrons. The Kier molecular flexibility index (Phi) is 5.42. The van der Waals surface area contributed by atoms with E-state index in [1.807, 2.05) is 0 Å². The van der Waals surface area contributed by atoms with Crippen molar-refractivity contribution in [2.75, 3.05) is 5.32 Å². The normalized spacial score (nSPS) is 12.3. The van der Waals surface area contributed by atoms with Gasteiger partial charge >= 0.3 is 0 Å². The highest BCUT2D eigenvalue weighted by molar-refractivity contribution is 7.80. The van der Waals surface area contributed by atoms with Crippen LogP contribution in [0, 0.1) is 0 Å². The lowest BCUT2D eigenvalue weighted by molar-refractivity contribution is 0.733. The van der Waals surface area contributed by atoms with Gasteiger partial charge in [-0.2, -0.15) is 0 Å². The van der Waals surface area contributed by atoms with Crippen LogP contribution in [0.1, 0.15) is 45.6 Å². The number of nitrogens with one attached hydrogen (secondary N) is 2. The number of thiocarbonyl (C=S) groups is 1. The van der Waals surface area contributed by atoms with E-state index in [4.69, 9.17) is 12.2 Å². The first-order chi connectivity index (χ1) is 8.02. The van der Waals surface area contributed by atoms with Crippen LogP contribution in [0.15, 0.2) is 24.3 Å². The van der Waals surface area contributed by atoms with Gasteiger partial charge in [0.25, 0.3) is 0 Å². The molecule has 1 aromatic carbocycles. The average molecular weight is 250 g/mol. The number of benzene rings is 1. The molecule has 0 heterocycles. The Hall–Kier alpha value is -1.09. The van der Waals surface area contributed by atoms with E-state index in [1.54, 1.807) is 0 Å².